The van der Waals surface area contributed by atoms with E-state index in [1.165, 1.54) is 5.56 Å². The average Bonchev–Trinajstić information content (AvgIpc) is 2.65. The van der Waals surface area contributed by atoms with Gasteiger partial charge in [0.1, 0.15) is 5.75 Å². The molecule has 5 nitrogen and oxygen atoms in total. The molecule has 2 aromatic rings. The predicted octanol–water partition coefficient (Wildman–Crippen LogP) is 2.97. The van der Waals surface area contributed by atoms with Gasteiger partial charge in [0.2, 0.25) is 5.91 Å². The quantitative estimate of drug-likeness (QED) is 0.669. The van der Waals surface area contributed by atoms with E-state index in [4.69, 9.17) is 4.74 Å². The Kier molecular flexibility index (Phi) is 7.86. The lowest BCUT2D eigenvalue weighted by Crippen LogP contribution is -2.37. The van der Waals surface area contributed by atoms with E-state index >= 15 is 0 Å². The molecule has 2 aromatic carbocycles. The molecule has 0 radical (unpaired) electrons. The maximum Gasteiger partial charge on any atom is 0.258 e. The zero-order valence-corrected chi connectivity index (χ0v) is 16.2. The first-order valence-electron chi connectivity index (χ1n) is 9.26. The largest absolute Gasteiger partial charge is 0.483 e. The molecule has 0 aliphatic carbocycles. The zero-order chi connectivity index (χ0) is 19.6. The summed E-state index contributed by atoms with van der Waals surface area (Å²) in [7, 11) is 0. The van der Waals surface area contributed by atoms with Gasteiger partial charge < -0.3 is 15.4 Å². The van der Waals surface area contributed by atoms with Crippen LogP contribution in [-0.4, -0.2) is 31.5 Å². The van der Waals surface area contributed by atoms with Crippen LogP contribution >= 0.6 is 0 Å². The number of nitrogens with one attached hydrogen (secondary N) is 2. The Morgan fingerprint density at radius 1 is 0.963 bits per heavy atom. The van der Waals surface area contributed by atoms with Gasteiger partial charge in [-0.2, -0.15) is 0 Å². The SMILES string of the molecule is Cc1ccc(C(C)C)cc1OCC(=O)NCCNC(=O)Cc1ccccc1. The van der Waals surface area contributed by atoms with Crippen LogP contribution in [0.4, 0.5) is 0 Å². The Labute approximate surface area is 161 Å². The Hall–Kier alpha value is -2.82. The van der Waals surface area contributed by atoms with Crippen LogP contribution in [0.5, 0.6) is 5.75 Å². The summed E-state index contributed by atoms with van der Waals surface area (Å²) in [6.07, 6.45) is 0.337. The van der Waals surface area contributed by atoms with Crippen molar-refractivity contribution in [2.45, 2.75) is 33.1 Å². The molecule has 0 unspecified atom stereocenters. The molecule has 0 atom stereocenters. The third-order valence-corrected chi connectivity index (χ3v) is 4.21. The fraction of sp³-hybridized carbons (Fsp3) is 0.364. The minimum absolute atomic E-state index is 0.0413. The van der Waals surface area contributed by atoms with Crippen molar-refractivity contribution < 1.29 is 14.3 Å². The molecular weight excluding hydrogens is 340 g/mol. The smallest absolute Gasteiger partial charge is 0.258 e. The van der Waals surface area contributed by atoms with E-state index in [0.29, 0.717) is 25.4 Å². The number of aryl methyl sites for hydroxylation is 1. The molecule has 2 amide bonds. The highest BCUT2D eigenvalue weighted by atomic mass is 16.5. The van der Waals surface area contributed by atoms with Crippen molar-refractivity contribution in [1.29, 1.82) is 0 Å². The van der Waals surface area contributed by atoms with Gasteiger partial charge in [0.15, 0.2) is 6.61 Å². The number of ether oxygens (including phenoxy) is 1. The number of hydrogen-bond acceptors (Lipinski definition) is 3. The second kappa shape index (κ2) is 10.4. The van der Waals surface area contributed by atoms with Gasteiger partial charge in [-0.25, -0.2) is 0 Å². The molecule has 0 fully saturated rings. The Bertz CT molecular complexity index is 757. The monoisotopic (exact) mass is 368 g/mol. The van der Waals surface area contributed by atoms with Gasteiger partial charge >= 0.3 is 0 Å². The highest BCUT2D eigenvalue weighted by molar-refractivity contribution is 5.79. The number of benzene rings is 2. The minimum Gasteiger partial charge on any atom is -0.483 e. The zero-order valence-electron chi connectivity index (χ0n) is 16.2. The number of amides is 2. The average molecular weight is 368 g/mol. The fourth-order valence-electron chi connectivity index (χ4n) is 2.57. The first-order valence-corrected chi connectivity index (χ1v) is 9.26. The predicted molar refractivity (Wildman–Crippen MR) is 107 cm³/mol. The van der Waals surface area contributed by atoms with Crippen molar-refractivity contribution in [2.24, 2.45) is 0 Å². The van der Waals surface area contributed by atoms with Gasteiger partial charge in [-0.1, -0.05) is 56.3 Å². The highest BCUT2D eigenvalue weighted by Gasteiger charge is 2.08. The van der Waals surface area contributed by atoms with Crippen LogP contribution in [0.15, 0.2) is 48.5 Å². The fourth-order valence-corrected chi connectivity index (χ4v) is 2.57. The standard InChI is InChI=1S/C22H28N2O3/c1-16(2)19-10-9-17(3)20(14-19)27-15-22(26)24-12-11-23-21(25)13-18-7-5-4-6-8-18/h4-10,14,16H,11-13,15H2,1-3H3,(H,23,25)(H,24,26). The van der Waals surface area contributed by atoms with Crippen LogP contribution in [0.3, 0.4) is 0 Å². The molecule has 0 aromatic heterocycles. The van der Waals surface area contributed by atoms with Crippen molar-refractivity contribution >= 4 is 11.8 Å². The van der Waals surface area contributed by atoms with Crippen LogP contribution in [0.25, 0.3) is 0 Å². The van der Waals surface area contributed by atoms with Gasteiger partial charge in [0.25, 0.3) is 5.91 Å². The molecule has 0 bridgehead atoms. The minimum atomic E-state index is -0.207. The summed E-state index contributed by atoms with van der Waals surface area (Å²) in [5.41, 5.74) is 3.14. The molecular formula is C22H28N2O3. The van der Waals surface area contributed by atoms with Gasteiger partial charge in [-0.3, -0.25) is 9.59 Å². The molecule has 0 spiro atoms. The lowest BCUT2D eigenvalue weighted by molar-refractivity contribution is -0.124. The van der Waals surface area contributed by atoms with Crippen molar-refractivity contribution in [3.8, 4) is 5.75 Å². The van der Waals surface area contributed by atoms with E-state index in [2.05, 4.69) is 30.5 Å². The lowest BCUT2D eigenvalue weighted by atomic mass is 10.0. The van der Waals surface area contributed by atoms with Crippen molar-refractivity contribution in [2.75, 3.05) is 19.7 Å². The molecule has 2 N–H and O–H groups in total. The van der Waals surface area contributed by atoms with Crippen molar-refractivity contribution in [1.82, 2.24) is 10.6 Å². The van der Waals surface area contributed by atoms with Gasteiger partial charge in [-0.05, 0) is 35.6 Å². The van der Waals surface area contributed by atoms with Crippen LogP contribution in [-0.2, 0) is 16.0 Å². The van der Waals surface area contributed by atoms with Gasteiger partial charge in [-0.15, -0.1) is 0 Å². The van der Waals surface area contributed by atoms with E-state index in [0.717, 1.165) is 16.9 Å². The third kappa shape index (κ3) is 7.13. The molecule has 0 saturated heterocycles. The second-order valence-electron chi connectivity index (χ2n) is 6.83. The Balaban J connectivity index is 1.66. The van der Waals surface area contributed by atoms with E-state index in [-0.39, 0.29) is 18.4 Å². The van der Waals surface area contributed by atoms with E-state index in [9.17, 15) is 9.59 Å². The normalized spacial score (nSPS) is 10.5. The van der Waals surface area contributed by atoms with Gasteiger partial charge in [0.05, 0.1) is 6.42 Å². The molecule has 0 saturated carbocycles. The molecule has 2 rings (SSSR count). The van der Waals surface area contributed by atoms with Crippen LogP contribution in [0.2, 0.25) is 0 Å². The first kappa shape index (κ1) is 20.5. The van der Waals surface area contributed by atoms with Gasteiger partial charge in [0, 0.05) is 13.1 Å². The molecule has 0 aliphatic rings. The highest BCUT2D eigenvalue weighted by Crippen LogP contribution is 2.24. The topological polar surface area (TPSA) is 67.4 Å². The summed E-state index contributed by atoms with van der Waals surface area (Å²) < 4.78 is 5.65. The third-order valence-electron chi connectivity index (χ3n) is 4.21. The van der Waals surface area contributed by atoms with E-state index < -0.39 is 0 Å². The molecule has 0 aliphatic heterocycles. The molecule has 27 heavy (non-hydrogen) atoms. The molecule has 144 valence electrons. The van der Waals surface area contributed by atoms with Crippen LogP contribution < -0.4 is 15.4 Å². The molecule has 0 heterocycles. The van der Waals surface area contributed by atoms with E-state index in [1.54, 1.807) is 0 Å². The lowest BCUT2D eigenvalue weighted by Gasteiger charge is -2.13. The van der Waals surface area contributed by atoms with Crippen molar-refractivity contribution in [3.05, 3.63) is 65.2 Å². The van der Waals surface area contributed by atoms with E-state index in [1.807, 2.05) is 49.4 Å². The number of carbonyl (C=O) groups excluding carboxylic acids is 2. The molecule has 5 heteroatoms. The summed E-state index contributed by atoms with van der Waals surface area (Å²) in [5.74, 6) is 0.864. The Morgan fingerprint density at radius 3 is 2.30 bits per heavy atom. The summed E-state index contributed by atoms with van der Waals surface area (Å²) in [6.45, 7) is 6.91. The summed E-state index contributed by atoms with van der Waals surface area (Å²) in [6, 6.07) is 15.6. The Morgan fingerprint density at radius 2 is 1.63 bits per heavy atom. The van der Waals surface area contributed by atoms with Crippen LogP contribution in [0, 0.1) is 6.92 Å². The maximum absolute atomic E-state index is 11.9. The summed E-state index contributed by atoms with van der Waals surface area (Å²) in [5, 5.41) is 5.55. The number of hydrogen-bond donors (Lipinski definition) is 2. The van der Waals surface area contributed by atoms with Crippen LogP contribution in [0.1, 0.15) is 36.5 Å². The second-order valence-corrected chi connectivity index (χ2v) is 6.83. The summed E-state index contributed by atoms with van der Waals surface area (Å²) in [4.78, 5) is 23.8. The van der Waals surface area contributed by atoms with Crippen molar-refractivity contribution in [3.63, 3.8) is 0 Å². The number of rotatable bonds is 9. The summed E-state index contributed by atoms with van der Waals surface area (Å²) >= 11 is 0. The maximum atomic E-state index is 11.9. The number of carbonyl (C=O) groups is 2. The first-order chi connectivity index (χ1) is 13.0.